The van der Waals surface area contributed by atoms with Gasteiger partial charge in [0.2, 0.25) is 15.9 Å². The maximum absolute atomic E-state index is 13.3. The van der Waals surface area contributed by atoms with Gasteiger partial charge in [0.05, 0.1) is 30.0 Å². The number of fused-ring (bicyclic) bond motifs is 1. The third kappa shape index (κ3) is 5.83. The quantitative estimate of drug-likeness (QED) is 0.512. The Kier molecular flexibility index (Phi) is 7.42. The van der Waals surface area contributed by atoms with Crippen molar-refractivity contribution in [2.24, 2.45) is 5.92 Å². The fourth-order valence-electron chi connectivity index (χ4n) is 3.77. The largest absolute Gasteiger partial charge is 0.490 e. The van der Waals surface area contributed by atoms with Crippen LogP contribution in [0.3, 0.4) is 0 Å². The highest BCUT2D eigenvalue weighted by Crippen LogP contribution is 2.32. The van der Waals surface area contributed by atoms with Crippen LogP contribution in [-0.4, -0.2) is 55.3 Å². The van der Waals surface area contributed by atoms with Crippen LogP contribution in [0, 0.1) is 5.92 Å². The summed E-state index contributed by atoms with van der Waals surface area (Å²) in [6.45, 7) is 4.86. The molecule has 1 N–H and O–H groups in total. The van der Waals surface area contributed by atoms with Crippen LogP contribution < -0.4 is 14.2 Å². The highest BCUT2D eigenvalue weighted by Gasteiger charge is 2.31. The van der Waals surface area contributed by atoms with Crippen molar-refractivity contribution in [3.05, 3.63) is 66.5 Å². The maximum atomic E-state index is 13.3. The summed E-state index contributed by atoms with van der Waals surface area (Å²) in [4.78, 5) is 14.8. The predicted molar refractivity (Wildman–Crippen MR) is 131 cm³/mol. The summed E-state index contributed by atoms with van der Waals surface area (Å²) in [6.07, 6.45) is 4.27. The number of sulfonamides is 1. The molecule has 2 aromatic carbocycles. The van der Waals surface area contributed by atoms with Crippen LogP contribution >= 0.6 is 0 Å². The molecular weight excluding hydrogens is 468 g/mol. The number of carbonyl (C=O) groups excluding carboxylic acids is 1. The third-order valence-corrected chi connectivity index (χ3v) is 7.14. The monoisotopic (exact) mass is 498 g/mol. The van der Waals surface area contributed by atoms with E-state index >= 15 is 0 Å². The summed E-state index contributed by atoms with van der Waals surface area (Å²) in [5.41, 5.74) is 1.74. The van der Waals surface area contributed by atoms with E-state index in [1.165, 1.54) is 17.0 Å². The van der Waals surface area contributed by atoms with Crippen molar-refractivity contribution in [2.75, 3.05) is 20.3 Å². The third-order valence-electron chi connectivity index (χ3n) is 5.70. The highest BCUT2D eigenvalue weighted by molar-refractivity contribution is 7.89. The normalized spacial score (nSPS) is 14.4. The molecule has 0 unspecified atom stereocenters. The number of hydrogen-bond acceptors (Lipinski definition) is 6. The highest BCUT2D eigenvalue weighted by atomic mass is 32.2. The number of nitrogens with one attached hydrogen (secondary N) is 1. The molecular formula is C25H30N4O5S. The summed E-state index contributed by atoms with van der Waals surface area (Å²) in [7, 11) is -2.33. The van der Waals surface area contributed by atoms with Crippen LogP contribution in [0.4, 0.5) is 0 Å². The number of rotatable bonds is 8. The Balaban J connectivity index is 1.47. The van der Waals surface area contributed by atoms with E-state index in [1.54, 1.807) is 37.8 Å². The van der Waals surface area contributed by atoms with Gasteiger partial charge in [0.25, 0.3) is 0 Å². The van der Waals surface area contributed by atoms with Crippen molar-refractivity contribution >= 4 is 15.9 Å². The number of carbonyl (C=O) groups is 1. The lowest BCUT2D eigenvalue weighted by Crippen LogP contribution is -2.49. The zero-order valence-corrected chi connectivity index (χ0v) is 20.9. The van der Waals surface area contributed by atoms with Crippen molar-refractivity contribution in [3.8, 4) is 17.2 Å². The van der Waals surface area contributed by atoms with E-state index in [4.69, 9.17) is 9.47 Å². The van der Waals surface area contributed by atoms with E-state index in [0.29, 0.717) is 31.3 Å². The molecule has 0 saturated carbocycles. The van der Waals surface area contributed by atoms with Gasteiger partial charge in [0.15, 0.2) is 11.5 Å². The molecule has 3 aromatic rings. The first kappa shape index (κ1) is 24.7. The second kappa shape index (κ2) is 10.5. The second-order valence-corrected chi connectivity index (χ2v) is 10.5. The standard InChI is InChI=1S/C25H30N4O5S/c1-18(2)24(27-35(31,32)21-10-11-22-23(14-21)34-13-7-12-33-22)25(30)28(3)16-19-15-26-29(17-19)20-8-5-4-6-9-20/h4-6,8-11,14-15,17-18,24,27H,7,12-13,16H2,1-3H3/t24-/m0/s1. The minimum absolute atomic E-state index is 0.0204. The van der Waals surface area contributed by atoms with Gasteiger partial charge in [-0.05, 0) is 30.2 Å². The van der Waals surface area contributed by atoms with Gasteiger partial charge in [0, 0.05) is 37.8 Å². The number of aromatic nitrogens is 2. The van der Waals surface area contributed by atoms with Gasteiger partial charge in [0.1, 0.15) is 6.04 Å². The van der Waals surface area contributed by atoms with Crippen molar-refractivity contribution in [1.82, 2.24) is 19.4 Å². The summed E-state index contributed by atoms with van der Waals surface area (Å²) in [5.74, 6) is 0.289. The molecule has 0 radical (unpaired) electrons. The molecule has 1 aromatic heterocycles. The Morgan fingerprint density at radius 1 is 1.11 bits per heavy atom. The number of likely N-dealkylation sites (N-methyl/N-ethyl adjacent to an activating group) is 1. The SMILES string of the molecule is CC(C)[C@H](NS(=O)(=O)c1ccc2c(c1)OCCCO2)C(=O)N(C)Cc1cnn(-c2ccccc2)c1. The first-order valence-electron chi connectivity index (χ1n) is 11.5. The Morgan fingerprint density at radius 2 is 1.83 bits per heavy atom. The van der Waals surface area contributed by atoms with E-state index in [9.17, 15) is 13.2 Å². The first-order valence-corrected chi connectivity index (χ1v) is 13.0. The van der Waals surface area contributed by atoms with Crippen LogP contribution in [0.2, 0.25) is 0 Å². The Hall–Kier alpha value is -3.37. The Morgan fingerprint density at radius 3 is 2.54 bits per heavy atom. The summed E-state index contributed by atoms with van der Waals surface area (Å²) >= 11 is 0. The smallest absolute Gasteiger partial charge is 0.241 e. The summed E-state index contributed by atoms with van der Waals surface area (Å²) < 4.78 is 41.9. The molecule has 0 spiro atoms. The number of amides is 1. The van der Waals surface area contributed by atoms with Crippen LogP contribution in [-0.2, 0) is 21.4 Å². The molecule has 4 rings (SSSR count). The summed E-state index contributed by atoms with van der Waals surface area (Å²) in [5, 5.41) is 4.36. The van der Waals surface area contributed by atoms with Crippen LogP contribution in [0.5, 0.6) is 11.5 Å². The van der Waals surface area contributed by atoms with Crippen LogP contribution in [0.15, 0.2) is 65.8 Å². The molecule has 10 heteroatoms. The van der Waals surface area contributed by atoms with Crippen molar-refractivity contribution in [3.63, 3.8) is 0 Å². The van der Waals surface area contributed by atoms with Crippen LogP contribution in [0.25, 0.3) is 5.69 Å². The fourth-order valence-corrected chi connectivity index (χ4v) is 5.12. The van der Waals surface area contributed by atoms with Crippen molar-refractivity contribution < 1.29 is 22.7 Å². The molecule has 0 saturated heterocycles. The number of para-hydroxylation sites is 1. The van der Waals surface area contributed by atoms with Gasteiger partial charge in [-0.2, -0.15) is 9.82 Å². The van der Waals surface area contributed by atoms with E-state index in [2.05, 4.69) is 9.82 Å². The first-order chi connectivity index (χ1) is 16.7. The van der Waals surface area contributed by atoms with Crippen molar-refractivity contribution in [1.29, 1.82) is 0 Å². The number of hydrogen-bond donors (Lipinski definition) is 1. The molecule has 0 bridgehead atoms. The van der Waals surface area contributed by atoms with Crippen molar-refractivity contribution in [2.45, 2.75) is 37.8 Å². The predicted octanol–water partition coefficient (Wildman–Crippen LogP) is 3.00. The zero-order valence-electron chi connectivity index (χ0n) is 20.0. The molecule has 1 atom stereocenters. The Bertz CT molecular complexity index is 1270. The van der Waals surface area contributed by atoms with E-state index < -0.39 is 16.1 Å². The van der Waals surface area contributed by atoms with E-state index in [0.717, 1.165) is 17.7 Å². The lowest BCUT2D eigenvalue weighted by Gasteiger charge is -2.26. The van der Waals surface area contributed by atoms with Gasteiger partial charge < -0.3 is 14.4 Å². The molecule has 1 amide bonds. The minimum atomic E-state index is -3.98. The number of nitrogens with zero attached hydrogens (tertiary/aromatic N) is 3. The van der Waals surface area contributed by atoms with Gasteiger partial charge in [-0.3, -0.25) is 4.79 Å². The minimum Gasteiger partial charge on any atom is -0.490 e. The molecule has 186 valence electrons. The summed E-state index contributed by atoms with van der Waals surface area (Å²) in [6, 6.07) is 13.2. The van der Waals surface area contributed by atoms with Gasteiger partial charge in [-0.1, -0.05) is 32.0 Å². The zero-order chi connectivity index (χ0) is 25.0. The average Bonchev–Trinajstić information content (AvgIpc) is 3.18. The maximum Gasteiger partial charge on any atom is 0.241 e. The molecule has 0 aliphatic carbocycles. The molecule has 0 fully saturated rings. The van der Waals surface area contributed by atoms with E-state index in [1.807, 2.05) is 36.5 Å². The van der Waals surface area contributed by atoms with E-state index in [-0.39, 0.29) is 16.7 Å². The van der Waals surface area contributed by atoms with Gasteiger partial charge in [-0.25, -0.2) is 13.1 Å². The van der Waals surface area contributed by atoms with Gasteiger partial charge in [-0.15, -0.1) is 0 Å². The molecule has 1 aliphatic rings. The molecule has 9 nitrogen and oxygen atoms in total. The fraction of sp³-hybridized carbons (Fsp3) is 0.360. The molecule has 35 heavy (non-hydrogen) atoms. The number of ether oxygens (including phenoxy) is 2. The average molecular weight is 499 g/mol. The lowest BCUT2D eigenvalue weighted by molar-refractivity contribution is -0.133. The lowest BCUT2D eigenvalue weighted by atomic mass is 10.0. The molecule has 1 aliphatic heterocycles. The van der Waals surface area contributed by atoms with Gasteiger partial charge >= 0.3 is 0 Å². The second-order valence-electron chi connectivity index (χ2n) is 8.82. The number of benzene rings is 2. The topological polar surface area (TPSA) is 103 Å². The van der Waals surface area contributed by atoms with Crippen LogP contribution in [0.1, 0.15) is 25.8 Å². The molecule has 2 heterocycles. The Labute approximate surface area is 205 Å².